The first-order chi connectivity index (χ1) is 7.47. The van der Waals surface area contributed by atoms with Gasteiger partial charge in [-0.25, -0.2) is 12.7 Å². The fourth-order valence-corrected chi connectivity index (χ4v) is 3.18. The van der Waals surface area contributed by atoms with E-state index in [-0.39, 0.29) is 24.2 Å². The molecular formula is C10H19NO4S. The maximum Gasteiger partial charge on any atom is 0.216 e. The van der Waals surface area contributed by atoms with Crippen LogP contribution in [-0.2, 0) is 19.6 Å². The number of sulfonamides is 1. The summed E-state index contributed by atoms with van der Waals surface area (Å²) in [6.45, 7) is 0.207. The molecule has 5 nitrogen and oxygen atoms in total. The molecular weight excluding hydrogens is 230 g/mol. The number of ketones is 1. The Morgan fingerprint density at radius 2 is 1.94 bits per heavy atom. The molecule has 0 amide bonds. The van der Waals surface area contributed by atoms with E-state index in [1.54, 1.807) is 7.05 Å². The number of carbonyl (C=O) groups excluding carboxylic acids is 1. The van der Waals surface area contributed by atoms with E-state index in [1.807, 2.05) is 0 Å². The molecule has 16 heavy (non-hydrogen) atoms. The topological polar surface area (TPSA) is 63.7 Å². The summed E-state index contributed by atoms with van der Waals surface area (Å²) in [7, 11) is -0.173. The summed E-state index contributed by atoms with van der Waals surface area (Å²) in [6, 6.07) is -0.0282. The van der Waals surface area contributed by atoms with Crippen LogP contribution >= 0.6 is 0 Å². The number of rotatable bonds is 5. The Hall–Kier alpha value is -0.460. The molecule has 1 saturated carbocycles. The molecule has 0 bridgehead atoms. The van der Waals surface area contributed by atoms with Crippen molar-refractivity contribution in [3.05, 3.63) is 0 Å². The second-order valence-electron chi connectivity index (χ2n) is 4.09. The average Bonchev–Trinajstić information content (AvgIpc) is 2.26. The highest BCUT2D eigenvalue weighted by molar-refractivity contribution is 7.89. The molecule has 1 rings (SSSR count). The quantitative estimate of drug-likeness (QED) is 0.708. The first-order valence-corrected chi connectivity index (χ1v) is 7.04. The third kappa shape index (κ3) is 3.54. The number of hydrogen-bond acceptors (Lipinski definition) is 4. The minimum Gasteiger partial charge on any atom is -0.384 e. The highest BCUT2D eigenvalue weighted by Gasteiger charge is 2.29. The maximum atomic E-state index is 11.8. The van der Waals surface area contributed by atoms with Crippen LogP contribution < -0.4 is 0 Å². The van der Waals surface area contributed by atoms with E-state index >= 15 is 0 Å². The Labute approximate surface area is 96.8 Å². The Balaban J connectivity index is 2.56. The van der Waals surface area contributed by atoms with E-state index in [0.717, 1.165) is 0 Å². The molecule has 0 spiro atoms. The van der Waals surface area contributed by atoms with Gasteiger partial charge in [0, 0.05) is 33.0 Å². The predicted octanol–water partition coefficient (Wildman–Crippen LogP) is 0.406. The second kappa shape index (κ2) is 5.75. The van der Waals surface area contributed by atoms with Gasteiger partial charge in [0.15, 0.2) is 0 Å². The first-order valence-electron chi connectivity index (χ1n) is 5.43. The highest BCUT2D eigenvalue weighted by Crippen LogP contribution is 2.21. The van der Waals surface area contributed by atoms with Crippen molar-refractivity contribution in [3.63, 3.8) is 0 Å². The van der Waals surface area contributed by atoms with Gasteiger partial charge >= 0.3 is 0 Å². The van der Waals surface area contributed by atoms with Gasteiger partial charge in [0.25, 0.3) is 0 Å². The third-order valence-corrected chi connectivity index (χ3v) is 4.87. The predicted molar refractivity (Wildman–Crippen MR) is 60.7 cm³/mol. The summed E-state index contributed by atoms with van der Waals surface area (Å²) >= 11 is 0. The van der Waals surface area contributed by atoms with Crippen molar-refractivity contribution in [1.82, 2.24) is 4.31 Å². The molecule has 0 aromatic heterocycles. The highest BCUT2D eigenvalue weighted by atomic mass is 32.2. The first kappa shape index (κ1) is 13.6. The molecule has 1 aliphatic carbocycles. The van der Waals surface area contributed by atoms with Gasteiger partial charge in [0.1, 0.15) is 5.78 Å². The summed E-state index contributed by atoms with van der Waals surface area (Å²) < 4.78 is 29.8. The van der Waals surface area contributed by atoms with E-state index in [4.69, 9.17) is 4.74 Å². The lowest BCUT2D eigenvalue weighted by atomic mass is 9.95. The van der Waals surface area contributed by atoms with Crippen molar-refractivity contribution < 1.29 is 17.9 Å². The summed E-state index contributed by atoms with van der Waals surface area (Å²) in [4.78, 5) is 11.1. The summed E-state index contributed by atoms with van der Waals surface area (Å²) in [5.74, 6) is 0.240. The number of ether oxygens (including phenoxy) is 1. The largest absolute Gasteiger partial charge is 0.384 e. The summed E-state index contributed by atoms with van der Waals surface area (Å²) in [5, 5.41) is 0. The second-order valence-corrected chi connectivity index (χ2v) is 6.24. The lowest BCUT2D eigenvalue weighted by Gasteiger charge is -2.29. The van der Waals surface area contributed by atoms with Crippen LogP contribution in [0.5, 0.6) is 0 Å². The minimum atomic E-state index is -3.24. The van der Waals surface area contributed by atoms with Crippen LogP contribution in [0.4, 0.5) is 0 Å². The standard InChI is InChI=1S/C10H19NO4S/c1-11(16(13,14)8-7-15-2)9-3-5-10(12)6-4-9/h9H,3-8H2,1-2H3. The van der Waals surface area contributed by atoms with E-state index < -0.39 is 10.0 Å². The van der Waals surface area contributed by atoms with Crippen molar-refractivity contribution in [1.29, 1.82) is 0 Å². The third-order valence-electron chi connectivity index (χ3n) is 3.01. The fourth-order valence-electron chi connectivity index (χ4n) is 1.85. The number of carbonyl (C=O) groups is 1. The van der Waals surface area contributed by atoms with Gasteiger partial charge in [-0.1, -0.05) is 0 Å². The molecule has 0 saturated heterocycles. The summed E-state index contributed by atoms with van der Waals surface area (Å²) in [6.07, 6.45) is 2.27. The van der Waals surface area contributed by atoms with Gasteiger partial charge in [-0.3, -0.25) is 4.79 Å². The SMILES string of the molecule is COCCS(=O)(=O)N(C)C1CCC(=O)CC1. The molecule has 0 N–H and O–H groups in total. The molecule has 0 aromatic rings. The smallest absolute Gasteiger partial charge is 0.216 e. The van der Waals surface area contributed by atoms with Crippen LogP contribution in [0.25, 0.3) is 0 Å². The van der Waals surface area contributed by atoms with Crippen molar-refractivity contribution in [2.75, 3.05) is 26.5 Å². The van der Waals surface area contributed by atoms with Crippen molar-refractivity contribution in [3.8, 4) is 0 Å². The fraction of sp³-hybridized carbons (Fsp3) is 0.900. The van der Waals surface area contributed by atoms with Gasteiger partial charge in [0.2, 0.25) is 10.0 Å². The number of Topliss-reactive ketones (excluding diaryl/α,β-unsaturated/α-hetero) is 1. The van der Waals surface area contributed by atoms with E-state index in [9.17, 15) is 13.2 Å². The van der Waals surface area contributed by atoms with E-state index in [1.165, 1.54) is 11.4 Å². The van der Waals surface area contributed by atoms with Crippen LogP contribution in [0.2, 0.25) is 0 Å². The van der Waals surface area contributed by atoms with Gasteiger partial charge in [-0.15, -0.1) is 0 Å². The van der Waals surface area contributed by atoms with Crippen LogP contribution in [0.3, 0.4) is 0 Å². The van der Waals surface area contributed by atoms with Gasteiger partial charge in [0.05, 0.1) is 12.4 Å². The zero-order valence-electron chi connectivity index (χ0n) is 9.81. The number of nitrogens with zero attached hydrogens (tertiary/aromatic N) is 1. The zero-order chi connectivity index (χ0) is 12.2. The molecule has 6 heteroatoms. The van der Waals surface area contributed by atoms with Gasteiger partial charge in [-0.05, 0) is 12.8 Å². The summed E-state index contributed by atoms with van der Waals surface area (Å²) in [5.41, 5.74) is 0. The lowest BCUT2D eigenvalue weighted by Crippen LogP contribution is -2.41. The van der Waals surface area contributed by atoms with Gasteiger partial charge < -0.3 is 4.74 Å². The van der Waals surface area contributed by atoms with E-state index in [2.05, 4.69) is 0 Å². The molecule has 0 radical (unpaired) electrons. The molecule has 1 fully saturated rings. The molecule has 1 aliphatic rings. The molecule has 0 unspecified atom stereocenters. The van der Waals surface area contributed by atoms with E-state index in [0.29, 0.717) is 25.7 Å². The zero-order valence-corrected chi connectivity index (χ0v) is 10.6. The Kier molecular flexibility index (Phi) is 4.89. The Morgan fingerprint density at radius 3 is 2.44 bits per heavy atom. The number of hydrogen-bond donors (Lipinski definition) is 0. The van der Waals surface area contributed by atoms with Crippen LogP contribution in [-0.4, -0.2) is 51.1 Å². The molecule has 94 valence electrons. The normalized spacial score (nSPS) is 19.3. The molecule has 0 aromatic carbocycles. The minimum absolute atomic E-state index is 0.00441. The van der Waals surface area contributed by atoms with Crippen molar-refractivity contribution in [2.45, 2.75) is 31.7 Å². The Bertz CT molecular complexity index is 329. The molecule has 0 atom stereocenters. The van der Waals surface area contributed by atoms with Crippen molar-refractivity contribution >= 4 is 15.8 Å². The average molecular weight is 249 g/mol. The monoisotopic (exact) mass is 249 g/mol. The molecule has 0 heterocycles. The number of methoxy groups -OCH3 is 1. The van der Waals surface area contributed by atoms with Crippen LogP contribution in [0.1, 0.15) is 25.7 Å². The van der Waals surface area contributed by atoms with Crippen molar-refractivity contribution in [2.24, 2.45) is 0 Å². The molecule has 0 aliphatic heterocycles. The Morgan fingerprint density at radius 1 is 1.38 bits per heavy atom. The van der Waals surface area contributed by atoms with Crippen LogP contribution in [0, 0.1) is 0 Å². The van der Waals surface area contributed by atoms with Gasteiger partial charge in [-0.2, -0.15) is 0 Å². The lowest BCUT2D eigenvalue weighted by molar-refractivity contribution is -0.120. The maximum absolute atomic E-state index is 11.8. The van der Waals surface area contributed by atoms with Crippen LogP contribution in [0.15, 0.2) is 0 Å².